The van der Waals surface area contributed by atoms with E-state index in [2.05, 4.69) is 22.9 Å². The average molecular weight is 758 g/mol. The lowest BCUT2D eigenvalue weighted by atomic mass is 9.92. The minimum Gasteiger partial charge on any atom is -0.467 e. The minimum atomic E-state index is -1.03. The molecule has 0 aromatic heterocycles. The molecule has 3 aromatic carbocycles. The molecule has 0 bridgehead atoms. The molecule has 1 unspecified atom stereocenters. The zero-order valence-corrected chi connectivity index (χ0v) is 33.2. The number of hydrazine groups is 1. The fourth-order valence-electron chi connectivity index (χ4n) is 6.11. The Morgan fingerprint density at radius 1 is 0.855 bits per heavy atom. The predicted molar refractivity (Wildman–Crippen MR) is 213 cm³/mol. The Hall–Kier alpha value is -5.23. The number of aryl methyl sites for hydroxylation is 1. The highest BCUT2D eigenvalue weighted by Crippen LogP contribution is 2.26. The standard InChI is InChI=1S/C43H59N5O7/c1-7-29(2)39(42(53)54-6)48(38(50)22-16-10-13-19-30-17-11-8-12-18-30)47-37(49)23-24-46-40(51)36(45)28-33-26-34(41(52)55-43(3,4)5)35(44)27-32(33)25-31-20-14-9-15-21-31/h8-9,11-12,14-15,17-18,20-21,26-27,29,36,39H,7,10,13,16,19,22-25,28,44-45H2,1-6H3,(H,46,51)(H,47,49)/t29-,36?,39-/m0/s1. The van der Waals surface area contributed by atoms with Crippen LogP contribution in [0.25, 0.3) is 0 Å². The Kier molecular flexibility index (Phi) is 17.4. The Labute approximate surface area is 325 Å². The molecule has 3 atom stereocenters. The van der Waals surface area contributed by atoms with Crippen LogP contribution in [0.15, 0.2) is 72.8 Å². The first-order valence-corrected chi connectivity index (χ1v) is 19.1. The molecule has 3 aromatic rings. The van der Waals surface area contributed by atoms with Crippen LogP contribution in [0.3, 0.4) is 0 Å². The third-order valence-electron chi connectivity index (χ3n) is 9.27. The van der Waals surface area contributed by atoms with Crippen molar-refractivity contribution in [1.29, 1.82) is 0 Å². The maximum absolute atomic E-state index is 13.5. The van der Waals surface area contributed by atoms with Crippen molar-refractivity contribution < 1.29 is 33.4 Å². The molecule has 12 nitrogen and oxygen atoms in total. The summed E-state index contributed by atoms with van der Waals surface area (Å²) < 4.78 is 10.6. The van der Waals surface area contributed by atoms with Crippen molar-refractivity contribution in [2.24, 2.45) is 11.7 Å². The number of nitrogens with one attached hydrogen (secondary N) is 2. The van der Waals surface area contributed by atoms with E-state index in [1.807, 2.05) is 62.4 Å². The summed E-state index contributed by atoms with van der Waals surface area (Å²) >= 11 is 0. The zero-order chi connectivity index (χ0) is 40.5. The van der Waals surface area contributed by atoms with E-state index < -0.39 is 47.3 Å². The van der Waals surface area contributed by atoms with E-state index in [9.17, 15) is 24.0 Å². The number of carbonyl (C=O) groups is 5. The molecule has 0 aliphatic heterocycles. The fraction of sp³-hybridized carbons (Fsp3) is 0.465. The number of anilines is 1. The van der Waals surface area contributed by atoms with Gasteiger partial charge < -0.3 is 26.3 Å². The summed E-state index contributed by atoms with van der Waals surface area (Å²) in [5.41, 5.74) is 18.7. The average Bonchev–Trinajstić information content (AvgIpc) is 3.15. The van der Waals surface area contributed by atoms with E-state index in [4.69, 9.17) is 20.9 Å². The molecule has 55 heavy (non-hydrogen) atoms. The molecular formula is C43H59N5O7. The first-order chi connectivity index (χ1) is 26.1. The van der Waals surface area contributed by atoms with Crippen molar-refractivity contribution in [3.8, 4) is 0 Å². The topological polar surface area (TPSA) is 183 Å². The molecule has 0 aliphatic carbocycles. The van der Waals surface area contributed by atoms with Gasteiger partial charge in [-0.05, 0) is 93.2 Å². The van der Waals surface area contributed by atoms with Crippen LogP contribution >= 0.6 is 0 Å². The van der Waals surface area contributed by atoms with Gasteiger partial charge >= 0.3 is 11.9 Å². The van der Waals surface area contributed by atoms with Gasteiger partial charge in [0.1, 0.15) is 5.60 Å². The van der Waals surface area contributed by atoms with Gasteiger partial charge in [0.15, 0.2) is 6.04 Å². The number of carbonyl (C=O) groups excluding carboxylic acids is 5. The van der Waals surface area contributed by atoms with Crippen LogP contribution in [-0.2, 0) is 47.9 Å². The van der Waals surface area contributed by atoms with Gasteiger partial charge in [-0.2, -0.15) is 0 Å². The maximum Gasteiger partial charge on any atom is 0.340 e. The van der Waals surface area contributed by atoms with Crippen molar-refractivity contribution in [3.05, 3.63) is 101 Å². The van der Waals surface area contributed by atoms with E-state index in [1.54, 1.807) is 32.9 Å². The summed E-state index contributed by atoms with van der Waals surface area (Å²) in [7, 11) is 1.25. The lowest BCUT2D eigenvalue weighted by molar-refractivity contribution is -0.160. The first-order valence-electron chi connectivity index (χ1n) is 19.1. The molecule has 3 amide bonds. The van der Waals surface area contributed by atoms with E-state index in [0.29, 0.717) is 24.8 Å². The van der Waals surface area contributed by atoms with Gasteiger partial charge in [0.05, 0.1) is 18.7 Å². The number of hydrogen-bond donors (Lipinski definition) is 4. The van der Waals surface area contributed by atoms with Gasteiger partial charge in [-0.1, -0.05) is 87.4 Å². The number of amides is 3. The Morgan fingerprint density at radius 3 is 2.09 bits per heavy atom. The monoisotopic (exact) mass is 757 g/mol. The summed E-state index contributed by atoms with van der Waals surface area (Å²) in [6.07, 6.45) is 4.27. The normalized spacial score (nSPS) is 12.9. The number of hydrogen-bond acceptors (Lipinski definition) is 9. The molecule has 0 radical (unpaired) electrons. The molecule has 3 rings (SSSR count). The Morgan fingerprint density at radius 2 is 1.49 bits per heavy atom. The molecule has 0 saturated heterocycles. The number of rotatable bonds is 19. The second-order valence-corrected chi connectivity index (χ2v) is 14.9. The van der Waals surface area contributed by atoms with E-state index in [1.165, 1.54) is 12.7 Å². The number of esters is 2. The molecule has 0 heterocycles. The maximum atomic E-state index is 13.5. The number of methoxy groups -OCH3 is 1. The molecule has 0 aliphatic rings. The zero-order valence-electron chi connectivity index (χ0n) is 33.2. The van der Waals surface area contributed by atoms with E-state index in [-0.39, 0.29) is 43.0 Å². The fourth-order valence-corrected chi connectivity index (χ4v) is 6.11. The van der Waals surface area contributed by atoms with Crippen molar-refractivity contribution in [2.75, 3.05) is 19.4 Å². The van der Waals surface area contributed by atoms with Crippen LogP contribution in [0.4, 0.5) is 5.69 Å². The van der Waals surface area contributed by atoms with Crippen LogP contribution in [-0.4, -0.2) is 66.0 Å². The molecule has 6 N–H and O–H groups in total. The second kappa shape index (κ2) is 21.6. The molecular weight excluding hydrogens is 699 g/mol. The van der Waals surface area contributed by atoms with Gasteiger partial charge in [-0.25, -0.2) is 14.6 Å². The van der Waals surface area contributed by atoms with E-state index >= 15 is 0 Å². The Balaban J connectivity index is 1.66. The van der Waals surface area contributed by atoms with E-state index in [0.717, 1.165) is 35.4 Å². The van der Waals surface area contributed by atoms with Crippen molar-refractivity contribution >= 4 is 35.3 Å². The molecule has 298 valence electrons. The number of nitrogens with two attached hydrogens (primary N) is 2. The summed E-state index contributed by atoms with van der Waals surface area (Å²) in [5.74, 6) is -2.98. The lowest BCUT2D eigenvalue weighted by Crippen LogP contribution is -2.57. The van der Waals surface area contributed by atoms with Gasteiger partial charge in [0.2, 0.25) is 17.7 Å². The SMILES string of the molecule is CC[C@H](C)[C@@H](C(=O)OC)N(NC(=O)CCNC(=O)C(N)Cc1cc(C(=O)OC(C)(C)C)c(N)cc1Cc1ccccc1)C(=O)CCCCCc1ccccc1. The van der Waals surface area contributed by atoms with Crippen LogP contribution in [0, 0.1) is 5.92 Å². The smallest absolute Gasteiger partial charge is 0.340 e. The second-order valence-electron chi connectivity index (χ2n) is 14.9. The van der Waals surface area contributed by atoms with Crippen LogP contribution in [0.5, 0.6) is 0 Å². The number of nitrogen functional groups attached to an aromatic ring is 1. The molecule has 0 fully saturated rings. The minimum absolute atomic E-state index is 0.0755. The van der Waals surface area contributed by atoms with Gasteiger partial charge in [-0.3, -0.25) is 19.8 Å². The first kappa shape index (κ1) is 44.2. The van der Waals surface area contributed by atoms with Gasteiger partial charge in [0, 0.05) is 25.1 Å². The van der Waals surface area contributed by atoms with Crippen LogP contribution in [0.2, 0.25) is 0 Å². The summed E-state index contributed by atoms with van der Waals surface area (Å²) in [6, 6.07) is 21.1. The molecule has 12 heteroatoms. The highest BCUT2D eigenvalue weighted by molar-refractivity contribution is 5.96. The third kappa shape index (κ3) is 14.5. The number of unbranched alkanes of at least 4 members (excludes halogenated alkanes) is 2. The lowest BCUT2D eigenvalue weighted by Gasteiger charge is -2.33. The van der Waals surface area contributed by atoms with Crippen LogP contribution < -0.4 is 22.2 Å². The van der Waals surface area contributed by atoms with Crippen LogP contribution in [0.1, 0.15) is 106 Å². The van der Waals surface area contributed by atoms with Crippen molar-refractivity contribution in [3.63, 3.8) is 0 Å². The van der Waals surface area contributed by atoms with Crippen molar-refractivity contribution in [1.82, 2.24) is 15.8 Å². The van der Waals surface area contributed by atoms with Crippen molar-refractivity contribution in [2.45, 2.75) is 110 Å². The molecule has 0 spiro atoms. The highest BCUT2D eigenvalue weighted by Gasteiger charge is 2.35. The van der Waals surface area contributed by atoms with Gasteiger partial charge in [0.25, 0.3) is 0 Å². The Bertz CT molecular complexity index is 1730. The molecule has 0 saturated carbocycles. The summed E-state index contributed by atoms with van der Waals surface area (Å²) in [4.78, 5) is 65.9. The number of nitrogens with zero attached hydrogens (tertiary/aromatic N) is 1. The predicted octanol–water partition coefficient (Wildman–Crippen LogP) is 5.44. The summed E-state index contributed by atoms with van der Waals surface area (Å²) in [5, 5.41) is 3.81. The number of ether oxygens (including phenoxy) is 2. The third-order valence-corrected chi connectivity index (χ3v) is 9.27. The van der Waals surface area contributed by atoms with Gasteiger partial charge in [-0.15, -0.1) is 0 Å². The summed E-state index contributed by atoms with van der Waals surface area (Å²) in [6.45, 7) is 8.92. The largest absolute Gasteiger partial charge is 0.467 e. The highest BCUT2D eigenvalue weighted by atomic mass is 16.6. The quantitative estimate of drug-likeness (QED) is 0.0536. The number of benzene rings is 3.